The van der Waals surface area contributed by atoms with Gasteiger partial charge in [-0.1, -0.05) is 54.6 Å². The molecule has 2 heterocycles. The highest BCUT2D eigenvalue weighted by Gasteiger charge is 2.52. The molecular weight excluding hydrogens is 345 g/mol. The van der Waals surface area contributed by atoms with Crippen LogP contribution in [0.1, 0.15) is 27.7 Å². The Morgan fingerprint density at radius 2 is 1.11 bits per heavy atom. The molecule has 4 heteroatoms. The topological polar surface area (TPSA) is 23.4 Å². The summed E-state index contributed by atoms with van der Waals surface area (Å²) in [4.78, 5) is 0. The summed E-state index contributed by atoms with van der Waals surface area (Å²) in [5.41, 5.74) is 3.78. The second-order valence-electron chi connectivity index (χ2n) is 8.52. The highest BCUT2D eigenvalue weighted by molar-refractivity contribution is 6.63. The summed E-state index contributed by atoms with van der Waals surface area (Å²) >= 11 is 0. The number of hydrogen-bond acceptors (Lipinski definition) is 2. The van der Waals surface area contributed by atoms with Gasteiger partial charge in [0, 0.05) is 21.9 Å². The SMILES string of the molecule is CC1(C)OB(c2ccccc2-n2c3ccccc3c3ccccc32)OC1(C)C. The van der Waals surface area contributed by atoms with Crippen molar-refractivity contribution in [2.45, 2.75) is 38.9 Å². The van der Waals surface area contributed by atoms with Gasteiger partial charge in [-0.3, -0.25) is 0 Å². The maximum absolute atomic E-state index is 6.38. The third kappa shape index (κ3) is 2.45. The van der Waals surface area contributed by atoms with Crippen molar-refractivity contribution >= 4 is 34.4 Å². The molecule has 28 heavy (non-hydrogen) atoms. The molecule has 1 fully saturated rings. The van der Waals surface area contributed by atoms with Crippen molar-refractivity contribution in [1.82, 2.24) is 4.57 Å². The fourth-order valence-corrected chi connectivity index (χ4v) is 4.04. The normalized spacial score (nSPS) is 18.2. The summed E-state index contributed by atoms with van der Waals surface area (Å²) in [7, 11) is -0.402. The Kier molecular flexibility index (Phi) is 3.74. The van der Waals surface area contributed by atoms with Gasteiger partial charge < -0.3 is 13.9 Å². The van der Waals surface area contributed by atoms with Crippen LogP contribution in [-0.4, -0.2) is 22.9 Å². The van der Waals surface area contributed by atoms with E-state index in [0.29, 0.717) is 0 Å². The zero-order valence-electron chi connectivity index (χ0n) is 16.8. The molecule has 3 aromatic carbocycles. The van der Waals surface area contributed by atoms with Gasteiger partial charge in [-0.25, -0.2) is 0 Å². The first-order valence-electron chi connectivity index (χ1n) is 9.82. The number of aromatic nitrogens is 1. The summed E-state index contributed by atoms with van der Waals surface area (Å²) in [6, 6.07) is 25.5. The Hall–Kier alpha value is -2.56. The highest BCUT2D eigenvalue weighted by Crippen LogP contribution is 2.37. The summed E-state index contributed by atoms with van der Waals surface area (Å²) in [6.45, 7) is 8.37. The van der Waals surface area contributed by atoms with Crippen LogP contribution in [0.25, 0.3) is 27.5 Å². The Morgan fingerprint density at radius 3 is 1.68 bits per heavy atom. The molecule has 1 aromatic heterocycles. The van der Waals surface area contributed by atoms with Crippen LogP contribution in [0.4, 0.5) is 0 Å². The minimum absolute atomic E-state index is 0.369. The quantitative estimate of drug-likeness (QED) is 0.460. The third-order valence-corrected chi connectivity index (χ3v) is 6.26. The van der Waals surface area contributed by atoms with Crippen LogP contribution in [0.5, 0.6) is 0 Å². The summed E-state index contributed by atoms with van der Waals surface area (Å²) in [6.07, 6.45) is 0. The maximum atomic E-state index is 6.38. The number of nitrogens with zero attached hydrogens (tertiary/aromatic N) is 1. The van der Waals surface area contributed by atoms with Crippen molar-refractivity contribution < 1.29 is 9.31 Å². The first-order valence-corrected chi connectivity index (χ1v) is 9.82. The molecular formula is C24H24BNO2. The predicted molar refractivity (Wildman–Crippen MR) is 116 cm³/mol. The van der Waals surface area contributed by atoms with Crippen LogP contribution in [0, 0.1) is 0 Å². The second-order valence-corrected chi connectivity index (χ2v) is 8.52. The molecule has 0 amide bonds. The van der Waals surface area contributed by atoms with Crippen LogP contribution >= 0.6 is 0 Å². The lowest BCUT2D eigenvalue weighted by molar-refractivity contribution is 0.00578. The molecule has 1 saturated heterocycles. The minimum Gasteiger partial charge on any atom is -0.399 e. The molecule has 0 bridgehead atoms. The van der Waals surface area contributed by atoms with Crippen LogP contribution in [0.3, 0.4) is 0 Å². The first kappa shape index (κ1) is 17.5. The smallest absolute Gasteiger partial charge is 0.399 e. The molecule has 0 aliphatic carbocycles. The summed E-state index contributed by atoms with van der Waals surface area (Å²) in [5.74, 6) is 0. The molecule has 1 aliphatic rings. The molecule has 0 radical (unpaired) electrons. The van der Waals surface area contributed by atoms with Crippen molar-refractivity contribution in [3.05, 3.63) is 72.8 Å². The Bertz CT molecular complexity index is 1120. The lowest BCUT2D eigenvalue weighted by Crippen LogP contribution is -2.41. The van der Waals surface area contributed by atoms with E-state index in [1.54, 1.807) is 0 Å². The van der Waals surface area contributed by atoms with E-state index >= 15 is 0 Å². The van der Waals surface area contributed by atoms with E-state index in [9.17, 15) is 0 Å². The number of fused-ring (bicyclic) bond motifs is 3. The van der Waals surface area contributed by atoms with Gasteiger partial charge in [-0.15, -0.1) is 0 Å². The molecule has 5 rings (SSSR count). The van der Waals surface area contributed by atoms with Gasteiger partial charge in [0.2, 0.25) is 0 Å². The largest absolute Gasteiger partial charge is 0.496 e. The van der Waals surface area contributed by atoms with E-state index in [1.807, 2.05) is 0 Å². The van der Waals surface area contributed by atoms with E-state index in [4.69, 9.17) is 9.31 Å². The standard InChI is InChI=1S/C24H24BNO2/c1-23(2)24(3,4)28-25(27-23)19-13-7-10-16-22(19)26-20-14-8-5-11-17(20)18-12-6-9-15-21(18)26/h5-16H,1-4H3. The lowest BCUT2D eigenvalue weighted by Gasteiger charge is -2.32. The van der Waals surface area contributed by atoms with E-state index < -0.39 is 7.12 Å². The number of rotatable bonds is 2. The van der Waals surface area contributed by atoms with Gasteiger partial charge in [0.05, 0.1) is 22.2 Å². The van der Waals surface area contributed by atoms with Gasteiger partial charge in [-0.2, -0.15) is 0 Å². The van der Waals surface area contributed by atoms with E-state index in [-0.39, 0.29) is 11.2 Å². The summed E-state index contributed by atoms with van der Waals surface area (Å²) in [5, 5.41) is 2.50. The van der Waals surface area contributed by atoms with Gasteiger partial charge in [-0.05, 0) is 45.9 Å². The summed E-state index contributed by atoms with van der Waals surface area (Å²) < 4.78 is 15.1. The molecule has 0 atom stereocenters. The maximum Gasteiger partial charge on any atom is 0.496 e. The number of para-hydroxylation sites is 3. The molecule has 0 saturated carbocycles. The second kappa shape index (κ2) is 5.97. The zero-order valence-corrected chi connectivity index (χ0v) is 16.8. The van der Waals surface area contributed by atoms with Gasteiger partial charge in [0.25, 0.3) is 0 Å². The van der Waals surface area contributed by atoms with Crippen molar-refractivity contribution in [2.24, 2.45) is 0 Å². The average Bonchev–Trinajstić information content (AvgIpc) is 3.12. The molecule has 140 valence electrons. The number of benzene rings is 3. The van der Waals surface area contributed by atoms with E-state index in [2.05, 4.69) is 105 Å². The fraction of sp³-hybridized carbons (Fsp3) is 0.250. The van der Waals surface area contributed by atoms with E-state index in [0.717, 1.165) is 11.2 Å². The lowest BCUT2D eigenvalue weighted by atomic mass is 9.77. The minimum atomic E-state index is -0.402. The van der Waals surface area contributed by atoms with Crippen molar-refractivity contribution in [3.8, 4) is 5.69 Å². The Labute approximate surface area is 166 Å². The van der Waals surface area contributed by atoms with E-state index in [1.165, 1.54) is 21.8 Å². The molecule has 0 spiro atoms. The first-order chi connectivity index (χ1) is 13.4. The van der Waals surface area contributed by atoms with Gasteiger partial charge in [0.15, 0.2) is 0 Å². The van der Waals surface area contributed by atoms with Crippen LogP contribution in [0.2, 0.25) is 0 Å². The molecule has 1 aliphatic heterocycles. The molecule has 0 unspecified atom stereocenters. The number of hydrogen-bond donors (Lipinski definition) is 0. The Morgan fingerprint density at radius 1 is 0.643 bits per heavy atom. The monoisotopic (exact) mass is 369 g/mol. The van der Waals surface area contributed by atoms with Crippen LogP contribution in [-0.2, 0) is 9.31 Å². The average molecular weight is 369 g/mol. The van der Waals surface area contributed by atoms with Crippen LogP contribution in [0.15, 0.2) is 72.8 Å². The predicted octanol–water partition coefficient (Wildman–Crippen LogP) is 5.08. The highest BCUT2D eigenvalue weighted by atomic mass is 16.7. The third-order valence-electron chi connectivity index (χ3n) is 6.26. The van der Waals surface area contributed by atoms with Crippen LogP contribution < -0.4 is 5.46 Å². The zero-order chi connectivity index (χ0) is 19.5. The van der Waals surface area contributed by atoms with Crippen molar-refractivity contribution in [1.29, 1.82) is 0 Å². The van der Waals surface area contributed by atoms with Gasteiger partial charge >= 0.3 is 7.12 Å². The van der Waals surface area contributed by atoms with Gasteiger partial charge in [0.1, 0.15) is 0 Å². The Balaban J connectivity index is 1.77. The molecule has 4 aromatic rings. The fourth-order valence-electron chi connectivity index (χ4n) is 4.04. The van der Waals surface area contributed by atoms with Crippen molar-refractivity contribution in [3.63, 3.8) is 0 Å². The van der Waals surface area contributed by atoms with Crippen molar-refractivity contribution in [2.75, 3.05) is 0 Å². The molecule has 3 nitrogen and oxygen atoms in total. The molecule has 0 N–H and O–H groups in total.